The van der Waals surface area contributed by atoms with Gasteiger partial charge in [-0.3, -0.25) is 9.88 Å². The number of ether oxygens (including phenoxy) is 3. The lowest BCUT2D eigenvalue weighted by molar-refractivity contribution is 0.0889. The first-order valence-corrected chi connectivity index (χ1v) is 10.2. The molecule has 2 aromatic carbocycles. The van der Waals surface area contributed by atoms with E-state index in [4.69, 9.17) is 18.6 Å². The zero-order valence-corrected chi connectivity index (χ0v) is 17.8. The van der Waals surface area contributed by atoms with Crippen LogP contribution in [0.2, 0.25) is 0 Å². The normalized spacial score (nSPS) is 13.4. The minimum Gasteiger partial charge on any atom is -0.497 e. The van der Waals surface area contributed by atoms with E-state index in [1.165, 1.54) is 0 Å². The third kappa shape index (κ3) is 3.67. The van der Waals surface area contributed by atoms with Crippen molar-refractivity contribution in [1.82, 2.24) is 9.88 Å². The van der Waals surface area contributed by atoms with Gasteiger partial charge in [0.15, 0.2) is 0 Å². The fourth-order valence-corrected chi connectivity index (χ4v) is 4.00. The molecule has 0 unspecified atom stereocenters. The molecule has 2 aromatic heterocycles. The molecule has 32 heavy (non-hydrogen) atoms. The molecule has 0 amide bonds. The van der Waals surface area contributed by atoms with Crippen molar-refractivity contribution in [2.24, 2.45) is 0 Å². The van der Waals surface area contributed by atoms with Crippen LogP contribution in [0.4, 0.5) is 0 Å². The maximum absolute atomic E-state index is 13.0. The van der Waals surface area contributed by atoms with Crippen LogP contribution in [0.5, 0.6) is 17.2 Å². The van der Waals surface area contributed by atoms with Crippen LogP contribution >= 0.6 is 0 Å². The average molecular weight is 430 g/mol. The Morgan fingerprint density at radius 3 is 2.62 bits per heavy atom. The van der Waals surface area contributed by atoms with Gasteiger partial charge in [-0.1, -0.05) is 0 Å². The molecule has 0 aliphatic carbocycles. The van der Waals surface area contributed by atoms with Crippen LogP contribution in [0, 0.1) is 0 Å². The van der Waals surface area contributed by atoms with Crippen molar-refractivity contribution in [1.29, 1.82) is 0 Å². The highest BCUT2D eigenvalue weighted by molar-refractivity contribution is 5.87. The molecule has 7 heteroatoms. The summed E-state index contributed by atoms with van der Waals surface area (Å²) in [7, 11) is 3.15. The molecule has 0 bridgehead atoms. The molecule has 0 atom stereocenters. The van der Waals surface area contributed by atoms with Gasteiger partial charge in [-0.15, -0.1) is 0 Å². The Labute approximate surface area is 184 Å². The molecule has 0 saturated carbocycles. The Morgan fingerprint density at radius 1 is 1.00 bits per heavy atom. The summed E-state index contributed by atoms with van der Waals surface area (Å²) in [6.07, 6.45) is 3.55. The fraction of sp³-hybridized carbons (Fsp3) is 0.200. The zero-order valence-electron chi connectivity index (χ0n) is 17.8. The van der Waals surface area contributed by atoms with Crippen molar-refractivity contribution < 1.29 is 18.6 Å². The van der Waals surface area contributed by atoms with Gasteiger partial charge < -0.3 is 18.6 Å². The number of benzene rings is 2. The summed E-state index contributed by atoms with van der Waals surface area (Å²) in [5.41, 5.74) is 3.21. The summed E-state index contributed by atoms with van der Waals surface area (Å²) in [5.74, 6) is 1.93. The first-order chi connectivity index (χ1) is 15.7. The Hall–Kier alpha value is -3.84. The number of nitrogens with zero attached hydrogens (tertiary/aromatic N) is 2. The van der Waals surface area contributed by atoms with Crippen molar-refractivity contribution in [2.75, 3.05) is 21.0 Å². The molecule has 0 radical (unpaired) electrons. The van der Waals surface area contributed by atoms with Crippen molar-refractivity contribution in [3.05, 3.63) is 82.5 Å². The highest BCUT2D eigenvalue weighted by Crippen LogP contribution is 2.36. The predicted octanol–water partition coefficient (Wildman–Crippen LogP) is 4.22. The molecule has 0 fully saturated rings. The number of rotatable bonds is 5. The number of pyridine rings is 1. The van der Waals surface area contributed by atoms with Crippen LogP contribution in [0.25, 0.3) is 22.1 Å². The average Bonchev–Trinajstić information content (AvgIpc) is 2.84. The van der Waals surface area contributed by atoms with Crippen LogP contribution < -0.4 is 19.8 Å². The van der Waals surface area contributed by atoms with E-state index in [9.17, 15) is 4.79 Å². The van der Waals surface area contributed by atoms with Gasteiger partial charge in [0.05, 0.1) is 25.3 Å². The first-order valence-electron chi connectivity index (χ1n) is 10.2. The van der Waals surface area contributed by atoms with Gasteiger partial charge in [0, 0.05) is 42.5 Å². The second-order valence-corrected chi connectivity index (χ2v) is 7.59. The van der Waals surface area contributed by atoms with Crippen LogP contribution in [0.15, 0.2) is 70.1 Å². The molecule has 162 valence electrons. The summed E-state index contributed by atoms with van der Waals surface area (Å²) in [6, 6.07) is 15.0. The Morgan fingerprint density at radius 2 is 1.84 bits per heavy atom. The second kappa shape index (κ2) is 8.36. The third-order valence-electron chi connectivity index (χ3n) is 5.60. The largest absolute Gasteiger partial charge is 0.497 e. The van der Waals surface area contributed by atoms with Gasteiger partial charge in [-0.05, 0) is 48.0 Å². The Bertz CT molecular complexity index is 1330. The van der Waals surface area contributed by atoms with E-state index < -0.39 is 5.63 Å². The number of hydrogen-bond acceptors (Lipinski definition) is 7. The van der Waals surface area contributed by atoms with Crippen LogP contribution in [0.3, 0.4) is 0 Å². The lowest BCUT2D eigenvalue weighted by atomic mass is 10.0. The topological polar surface area (TPSA) is 74.0 Å². The predicted molar refractivity (Wildman–Crippen MR) is 120 cm³/mol. The van der Waals surface area contributed by atoms with Crippen molar-refractivity contribution in [3.63, 3.8) is 0 Å². The minimum absolute atomic E-state index is 0.430. The van der Waals surface area contributed by atoms with E-state index in [2.05, 4.69) is 9.88 Å². The smallest absolute Gasteiger partial charge is 0.344 e. The van der Waals surface area contributed by atoms with Crippen LogP contribution in [-0.4, -0.2) is 30.8 Å². The van der Waals surface area contributed by atoms with Gasteiger partial charge in [-0.2, -0.15) is 0 Å². The monoisotopic (exact) mass is 430 g/mol. The van der Waals surface area contributed by atoms with E-state index >= 15 is 0 Å². The van der Waals surface area contributed by atoms with E-state index in [0.717, 1.165) is 22.3 Å². The van der Waals surface area contributed by atoms with E-state index in [-0.39, 0.29) is 0 Å². The van der Waals surface area contributed by atoms with Gasteiger partial charge in [0.2, 0.25) is 0 Å². The highest BCUT2D eigenvalue weighted by atomic mass is 16.5. The van der Waals surface area contributed by atoms with Crippen molar-refractivity contribution in [2.45, 2.75) is 13.1 Å². The summed E-state index contributed by atoms with van der Waals surface area (Å²) in [5, 5.41) is 0.825. The molecule has 1 aliphatic rings. The molecule has 4 aromatic rings. The molecule has 5 rings (SSSR count). The molecule has 0 saturated heterocycles. The second-order valence-electron chi connectivity index (χ2n) is 7.59. The van der Waals surface area contributed by atoms with Crippen LogP contribution in [0.1, 0.15) is 11.1 Å². The highest BCUT2D eigenvalue weighted by Gasteiger charge is 2.23. The quantitative estimate of drug-likeness (QED) is 0.439. The molecule has 0 spiro atoms. The summed E-state index contributed by atoms with van der Waals surface area (Å²) >= 11 is 0. The molecular weight excluding hydrogens is 408 g/mol. The molecule has 0 N–H and O–H groups in total. The van der Waals surface area contributed by atoms with E-state index in [0.29, 0.717) is 48.0 Å². The summed E-state index contributed by atoms with van der Waals surface area (Å²) in [4.78, 5) is 19.2. The maximum Gasteiger partial charge on any atom is 0.344 e. The van der Waals surface area contributed by atoms with Gasteiger partial charge in [0.25, 0.3) is 0 Å². The molecule has 3 heterocycles. The maximum atomic E-state index is 13.0. The molecular formula is C25H22N2O5. The standard InChI is InChI=1S/C25H22N2O5/c1-29-18-4-5-19(23(12-18)30-2)20-11-17-3-6-22-21(24(17)32-25(20)28)14-27(15-31-22)13-16-7-9-26-10-8-16/h3-12H,13-15H2,1-2H3. The first kappa shape index (κ1) is 20.1. The van der Waals surface area contributed by atoms with E-state index in [1.807, 2.05) is 30.3 Å². The van der Waals surface area contributed by atoms with Gasteiger partial charge in [-0.25, -0.2) is 4.79 Å². The fourth-order valence-electron chi connectivity index (χ4n) is 4.00. The van der Waals surface area contributed by atoms with Crippen LogP contribution in [-0.2, 0) is 13.1 Å². The number of methoxy groups -OCH3 is 2. The minimum atomic E-state index is -0.430. The molecule has 1 aliphatic heterocycles. The number of aromatic nitrogens is 1. The lowest BCUT2D eigenvalue weighted by Crippen LogP contribution is -2.31. The lowest BCUT2D eigenvalue weighted by Gasteiger charge is -2.29. The SMILES string of the molecule is COc1ccc(-c2cc3ccc4c(c3oc2=O)CN(Cc2ccncc2)CO4)c(OC)c1. The number of fused-ring (bicyclic) bond motifs is 3. The Kier molecular flexibility index (Phi) is 5.25. The molecule has 7 nitrogen and oxygen atoms in total. The summed E-state index contributed by atoms with van der Waals surface area (Å²) in [6.45, 7) is 1.79. The van der Waals surface area contributed by atoms with Crippen molar-refractivity contribution >= 4 is 11.0 Å². The third-order valence-corrected chi connectivity index (χ3v) is 5.60. The van der Waals surface area contributed by atoms with Crippen molar-refractivity contribution in [3.8, 4) is 28.4 Å². The van der Waals surface area contributed by atoms with E-state index in [1.54, 1.807) is 44.8 Å². The van der Waals surface area contributed by atoms with Gasteiger partial charge in [0.1, 0.15) is 29.6 Å². The Balaban J connectivity index is 1.54. The summed E-state index contributed by atoms with van der Waals surface area (Å²) < 4.78 is 22.5. The van der Waals surface area contributed by atoms with Gasteiger partial charge >= 0.3 is 5.63 Å². The number of hydrogen-bond donors (Lipinski definition) is 0. The zero-order chi connectivity index (χ0) is 22.1.